The summed E-state index contributed by atoms with van der Waals surface area (Å²) in [7, 11) is -3.73. The van der Waals surface area contributed by atoms with E-state index in [9.17, 15) is 13.7 Å². The van der Waals surface area contributed by atoms with Crippen molar-refractivity contribution in [2.45, 2.75) is 31.1 Å². The Hall–Kier alpha value is -2.90. The molecule has 0 bridgehead atoms. The van der Waals surface area contributed by atoms with Crippen LogP contribution in [0.5, 0.6) is 11.5 Å². The largest absolute Gasteiger partial charge is 0.489 e. The number of rotatable bonds is 9. The fraction of sp³-hybridized carbons (Fsp3) is 0.292. The molecular formula is C24H22Cl2N4O4S. The zero-order valence-corrected chi connectivity index (χ0v) is 20.9. The van der Waals surface area contributed by atoms with Gasteiger partial charge in [0.1, 0.15) is 36.6 Å². The first-order valence-corrected chi connectivity index (χ1v) is 13.4. The van der Waals surface area contributed by atoms with E-state index in [1.165, 1.54) is 11.8 Å². The minimum atomic E-state index is -3.73. The van der Waals surface area contributed by atoms with E-state index in [0.29, 0.717) is 33.7 Å². The molecule has 0 aliphatic heterocycles. The van der Waals surface area contributed by atoms with Crippen molar-refractivity contribution in [3.05, 3.63) is 81.4 Å². The molecule has 0 radical (unpaired) electrons. The molecule has 11 heteroatoms. The smallest absolute Gasteiger partial charge is 0.216 e. The standard InChI is InChI=1S/C24H22Cl2N4O4S/c25-6-8-33-24-17(12-27)9-16(10-22(24)26)20-4-2-15-1-3-19(11-21(15)20)34-13-18-5-7-29-23(30-18)14-35(28,31)32/h1,3,5,7,9-11,20H,2,4,6,8,13-14H2,(H2,28,31,32). The number of sulfonamides is 1. The maximum Gasteiger partial charge on any atom is 0.216 e. The van der Waals surface area contributed by atoms with Crippen LogP contribution >= 0.6 is 23.2 Å². The molecule has 1 aliphatic rings. The van der Waals surface area contributed by atoms with Crippen molar-refractivity contribution in [2.24, 2.45) is 5.14 Å². The number of primary sulfonamides is 1. The van der Waals surface area contributed by atoms with Gasteiger partial charge in [-0.15, -0.1) is 11.6 Å². The topological polar surface area (TPSA) is 128 Å². The lowest BCUT2D eigenvalue weighted by Gasteiger charge is -2.17. The number of aromatic nitrogens is 2. The third-order valence-electron chi connectivity index (χ3n) is 5.59. The van der Waals surface area contributed by atoms with Crippen molar-refractivity contribution >= 4 is 33.2 Å². The Kier molecular flexibility index (Phi) is 7.77. The van der Waals surface area contributed by atoms with Crippen molar-refractivity contribution < 1.29 is 17.9 Å². The molecule has 0 fully saturated rings. The summed E-state index contributed by atoms with van der Waals surface area (Å²) >= 11 is 12.2. The van der Waals surface area contributed by atoms with E-state index in [-0.39, 0.29) is 25.0 Å². The Labute approximate surface area is 213 Å². The minimum absolute atomic E-state index is 0.0561. The highest BCUT2D eigenvalue weighted by atomic mass is 35.5. The van der Waals surface area contributed by atoms with Crippen LogP contribution in [-0.2, 0) is 28.8 Å². The van der Waals surface area contributed by atoms with E-state index >= 15 is 0 Å². The summed E-state index contributed by atoms with van der Waals surface area (Å²) < 4.78 is 34.1. The molecule has 1 aromatic heterocycles. The van der Waals surface area contributed by atoms with Crippen molar-refractivity contribution in [1.29, 1.82) is 5.26 Å². The molecule has 0 spiro atoms. The van der Waals surface area contributed by atoms with Crippen LogP contribution in [0.25, 0.3) is 0 Å². The van der Waals surface area contributed by atoms with Crippen LogP contribution in [0, 0.1) is 11.3 Å². The summed E-state index contributed by atoms with van der Waals surface area (Å²) in [6.07, 6.45) is 3.25. The molecule has 1 aliphatic carbocycles. The first kappa shape index (κ1) is 25.2. The average Bonchev–Trinajstić information content (AvgIpc) is 3.24. The van der Waals surface area contributed by atoms with Crippen LogP contribution in [0.15, 0.2) is 42.6 Å². The number of nitrogens with zero attached hydrogens (tertiary/aromatic N) is 3. The Balaban J connectivity index is 1.54. The van der Waals surface area contributed by atoms with Gasteiger partial charge in [0.25, 0.3) is 0 Å². The highest BCUT2D eigenvalue weighted by molar-refractivity contribution is 7.88. The fourth-order valence-corrected chi connectivity index (χ4v) is 4.99. The number of hydrogen-bond acceptors (Lipinski definition) is 7. The maximum atomic E-state index is 11.3. The third-order valence-corrected chi connectivity index (χ3v) is 6.68. The van der Waals surface area contributed by atoms with Gasteiger partial charge in [0.2, 0.25) is 10.0 Å². The molecule has 2 N–H and O–H groups in total. The van der Waals surface area contributed by atoms with Crippen LogP contribution in [0.4, 0.5) is 0 Å². The minimum Gasteiger partial charge on any atom is -0.489 e. The molecule has 1 unspecified atom stereocenters. The number of fused-ring (bicyclic) bond motifs is 1. The Morgan fingerprint density at radius 1 is 1.20 bits per heavy atom. The highest BCUT2D eigenvalue weighted by Gasteiger charge is 2.26. The SMILES string of the molecule is N#Cc1cc(C2CCc3ccc(OCc4ccnc(CS(N)(=O)=O)n4)cc32)cc(Cl)c1OCCCl. The molecule has 4 rings (SSSR count). The Bertz CT molecular complexity index is 1390. The highest BCUT2D eigenvalue weighted by Crippen LogP contribution is 2.42. The van der Waals surface area contributed by atoms with Crippen molar-refractivity contribution in [3.8, 4) is 17.6 Å². The predicted octanol–water partition coefficient (Wildman–Crippen LogP) is 4.06. The molecular weight excluding hydrogens is 511 g/mol. The average molecular weight is 533 g/mol. The zero-order chi connectivity index (χ0) is 25.0. The van der Waals surface area contributed by atoms with Gasteiger partial charge >= 0.3 is 0 Å². The second-order valence-corrected chi connectivity index (χ2v) is 10.4. The Morgan fingerprint density at radius 2 is 2.03 bits per heavy atom. The van der Waals surface area contributed by atoms with Crippen molar-refractivity contribution in [2.75, 3.05) is 12.5 Å². The van der Waals surface area contributed by atoms with Crippen LogP contribution in [0.1, 0.15) is 46.1 Å². The lowest BCUT2D eigenvalue weighted by molar-refractivity contribution is 0.300. The Morgan fingerprint density at radius 3 is 2.77 bits per heavy atom. The van der Waals surface area contributed by atoms with Crippen LogP contribution < -0.4 is 14.6 Å². The molecule has 1 heterocycles. The van der Waals surface area contributed by atoms with Gasteiger partial charge < -0.3 is 9.47 Å². The van der Waals surface area contributed by atoms with E-state index < -0.39 is 15.8 Å². The van der Waals surface area contributed by atoms with Crippen LogP contribution in [-0.4, -0.2) is 30.9 Å². The number of halogens is 2. The van der Waals surface area contributed by atoms with Crippen LogP contribution in [0.3, 0.4) is 0 Å². The molecule has 3 aromatic rings. The van der Waals surface area contributed by atoms with Gasteiger partial charge in [-0.3, -0.25) is 0 Å². The molecule has 0 amide bonds. The summed E-state index contributed by atoms with van der Waals surface area (Å²) in [6, 6.07) is 13.4. The number of hydrogen-bond donors (Lipinski definition) is 1. The van der Waals surface area contributed by atoms with E-state index in [4.69, 9.17) is 37.8 Å². The second-order valence-electron chi connectivity index (χ2n) is 8.04. The third kappa shape index (κ3) is 6.21. The molecule has 182 valence electrons. The summed E-state index contributed by atoms with van der Waals surface area (Å²) in [6.45, 7) is 0.402. The van der Waals surface area contributed by atoms with E-state index in [0.717, 1.165) is 24.0 Å². The number of ether oxygens (including phenoxy) is 2. The molecule has 35 heavy (non-hydrogen) atoms. The quantitative estimate of drug-likeness (QED) is 0.411. The van der Waals surface area contributed by atoms with Gasteiger partial charge in [0.15, 0.2) is 5.75 Å². The number of nitrogens with two attached hydrogens (primary N) is 1. The predicted molar refractivity (Wildman–Crippen MR) is 132 cm³/mol. The van der Waals surface area contributed by atoms with Gasteiger partial charge in [-0.2, -0.15) is 5.26 Å². The number of alkyl halides is 1. The molecule has 0 saturated carbocycles. The lowest BCUT2D eigenvalue weighted by Crippen LogP contribution is -2.17. The summed E-state index contributed by atoms with van der Waals surface area (Å²) in [4.78, 5) is 8.15. The molecule has 2 aromatic carbocycles. The molecule has 1 atom stereocenters. The fourth-order valence-electron chi connectivity index (χ4n) is 4.13. The second kappa shape index (κ2) is 10.8. The van der Waals surface area contributed by atoms with E-state index in [2.05, 4.69) is 16.0 Å². The zero-order valence-electron chi connectivity index (χ0n) is 18.6. The maximum absolute atomic E-state index is 11.3. The normalized spacial score (nSPS) is 14.9. The number of nitriles is 1. The van der Waals surface area contributed by atoms with E-state index in [1.54, 1.807) is 6.07 Å². The van der Waals surface area contributed by atoms with Gasteiger partial charge in [-0.05, 0) is 59.9 Å². The molecule has 8 nitrogen and oxygen atoms in total. The van der Waals surface area contributed by atoms with Gasteiger partial charge in [-0.25, -0.2) is 23.5 Å². The lowest BCUT2D eigenvalue weighted by atomic mass is 9.91. The number of benzene rings is 2. The molecule has 0 saturated heterocycles. The summed E-state index contributed by atoms with van der Waals surface area (Å²) in [5.41, 5.74) is 4.15. The first-order chi connectivity index (χ1) is 16.8. The van der Waals surface area contributed by atoms with Gasteiger partial charge in [-0.1, -0.05) is 17.7 Å². The summed E-state index contributed by atoms with van der Waals surface area (Å²) in [5.74, 6) is 1.03. The van der Waals surface area contributed by atoms with Gasteiger partial charge in [0.05, 0.1) is 22.2 Å². The van der Waals surface area contributed by atoms with E-state index in [1.807, 2.05) is 30.3 Å². The first-order valence-electron chi connectivity index (χ1n) is 10.8. The van der Waals surface area contributed by atoms with Crippen molar-refractivity contribution in [3.63, 3.8) is 0 Å². The van der Waals surface area contributed by atoms with Crippen molar-refractivity contribution in [1.82, 2.24) is 9.97 Å². The monoisotopic (exact) mass is 532 g/mol. The van der Waals surface area contributed by atoms with Gasteiger partial charge in [0, 0.05) is 12.1 Å². The number of aryl methyl sites for hydroxylation is 1. The van der Waals surface area contributed by atoms with Crippen LogP contribution in [0.2, 0.25) is 5.02 Å². The summed E-state index contributed by atoms with van der Waals surface area (Å²) in [5, 5.41) is 15.1.